The fourth-order valence-electron chi connectivity index (χ4n) is 2.10. The van der Waals surface area contributed by atoms with Crippen LogP contribution in [0.5, 0.6) is 0 Å². The van der Waals surface area contributed by atoms with Gasteiger partial charge in [-0.2, -0.15) is 0 Å². The molecule has 0 bridgehead atoms. The zero-order valence-electron chi connectivity index (χ0n) is 13.6. The molecule has 2 N–H and O–H groups in total. The molecule has 5 nitrogen and oxygen atoms in total. The van der Waals surface area contributed by atoms with E-state index in [9.17, 15) is 13.2 Å². The Morgan fingerprint density at radius 1 is 1.12 bits per heavy atom. The second-order valence-electron chi connectivity index (χ2n) is 5.69. The van der Waals surface area contributed by atoms with E-state index in [4.69, 9.17) is 0 Å². The number of rotatable bonds is 5. The standard InChI is InChI=1S/C17H19BrN2O3S/c1-11(2)19-17(21)14-10-13(9-8-12(14)3)24(22,23)20-16-7-5-4-6-15(16)18/h4-11,20H,1-3H3,(H,19,21). The third-order valence-corrected chi connectivity index (χ3v) is 5.36. The van der Waals surface area contributed by atoms with Crippen molar-refractivity contribution in [2.75, 3.05) is 4.72 Å². The molecule has 0 saturated carbocycles. The van der Waals surface area contributed by atoms with E-state index in [2.05, 4.69) is 26.0 Å². The van der Waals surface area contributed by atoms with Gasteiger partial charge in [0.2, 0.25) is 0 Å². The van der Waals surface area contributed by atoms with Crippen molar-refractivity contribution in [2.24, 2.45) is 0 Å². The summed E-state index contributed by atoms with van der Waals surface area (Å²) in [6.07, 6.45) is 0. The third-order valence-electron chi connectivity index (χ3n) is 3.30. The molecule has 0 aliphatic rings. The maximum absolute atomic E-state index is 12.6. The number of hydrogen-bond donors (Lipinski definition) is 2. The summed E-state index contributed by atoms with van der Waals surface area (Å²) in [5.74, 6) is -0.291. The number of hydrogen-bond acceptors (Lipinski definition) is 3. The van der Waals surface area contributed by atoms with Crippen molar-refractivity contribution < 1.29 is 13.2 Å². The Balaban J connectivity index is 2.37. The van der Waals surface area contributed by atoms with Crippen molar-refractivity contribution in [3.8, 4) is 0 Å². The molecule has 0 atom stereocenters. The molecule has 0 saturated heterocycles. The Morgan fingerprint density at radius 3 is 2.42 bits per heavy atom. The first-order valence-corrected chi connectivity index (χ1v) is 9.67. The number of carbonyl (C=O) groups is 1. The lowest BCUT2D eigenvalue weighted by Crippen LogP contribution is -2.30. The van der Waals surface area contributed by atoms with Gasteiger partial charge < -0.3 is 5.32 Å². The van der Waals surface area contributed by atoms with Gasteiger partial charge in [0, 0.05) is 16.1 Å². The van der Waals surface area contributed by atoms with Crippen molar-refractivity contribution in [1.29, 1.82) is 0 Å². The van der Waals surface area contributed by atoms with Crippen molar-refractivity contribution in [2.45, 2.75) is 31.7 Å². The van der Waals surface area contributed by atoms with Crippen molar-refractivity contribution in [3.63, 3.8) is 0 Å². The van der Waals surface area contributed by atoms with Crippen LogP contribution in [0.15, 0.2) is 51.8 Å². The lowest BCUT2D eigenvalue weighted by molar-refractivity contribution is 0.0942. The number of benzene rings is 2. The highest BCUT2D eigenvalue weighted by Crippen LogP contribution is 2.25. The van der Waals surface area contributed by atoms with Crippen LogP contribution < -0.4 is 10.0 Å². The quantitative estimate of drug-likeness (QED) is 0.788. The van der Waals surface area contributed by atoms with Gasteiger partial charge in [0.25, 0.3) is 15.9 Å². The van der Waals surface area contributed by atoms with Crippen LogP contribution in [0.1, 0.15) is 29.8 Å². The third kappa shape index (κ3) is 4.36. The summed E-state index contributed by atoms with van der Waals surface area (Å²) in [5, 5.41) is 2.78. The van der Waals surface area contributed by atoms with Crippen molar-refractivity contribution >= 4 is 37.5 Å². The number of aryl methyl sites for hydroxylation is 1. The Bertz CT molecular complexity index is 864. The predicted molar refractivity (Wildman–Crippen MR) is 98.7 cm³/mol. The van der Waals surface area contributed by atoms with E-state index < -0.39 is 10.0 Å². The second-order valence-corrected chi connectivity index (χ2v) is 8.23. The van der Waals surface area contributed by atoms with Crippen LogP contribution in [0, 0.1) is 6.92 Å². The first-order chi connectivity index (χ1) is 11.2. The molecule has 24 heavy (non-hydrogen) atoms. The molecule has 2 aromatic carbocycles. The van der Waals surface area contributed by atoms with Gasteiger partial charge in [-0.1, -0.05) is 18.2 Å². The minimum Gasteiger partial charge on any atom is -0.350 e. The van der Waals surface area contributed by atoms with E-state index in [0.29, 0.717) is 21.3 Å². The Hall–Kier alpha value is -1.86. The molecular weight excluding hydrogens is 392 g/mol. The Labute approximate surface area is 150 Å². The van der Waals surface area contributed by atoms with Gasteiger partial charge in [-0.05, 0) is 66.5 Å². The van der Waals surface area contributed by atoms with E-state index in [1.165, 1.54) is 12.1 Å². The van der Waals surface area contributed by atoms with E-state index >= 15 is 0 Å². The molecule has 0 aliphatic carbocycles. The van der Waals surface area contributed by atoms with E-state index in [1.807, 2.05) is 13.8 Å². The van der Waals surface area contributed by atoms with Crippen LogP contribution in [0.3, 0.4) is 0 Å². The van der Waals surface area contributed by atoms with Crippen molar-refractivity contribution in [1.82, 2.24) is 5.32 Å². The van der Waals surface area contributed by atoms with Crippen LogP contribution in [-0.2, 0) is 10.0 Å². The Morgan fingerprint density at radius 2 is 1.79 bits per heavy atom. The molecule has 128 valence electrons. The maximum atomic E-state index is 12.6. The fourth-order valence-corrected chi connectivity index (χ4v) is 3.72. The topological polar surface area (TPSA) is 75.3 Å². The summed E-state index contributed by atoms with van der Waals surface area (Å²) in [7, 11) is -3.80. The average Bonchev–Trinajstić information content (AvgIpc) is 2.49. The molecule has 0 spiro atoms. The zero-order valence-corrected chi connectivity index (χ0v) is 16.0. The summed E-state index contributed by atoms with van der Waals surface area (Å²) in [6, 6.07) is 11.4. The van der Waals surface area contributed by atoms with E-state index in [1.54, 1.807) is 37.3 Å². The summed E-state index contributed by atoms with van der Waals surface area (Å²) in [6.45, 7) is 5.47. The molecule has 1 amide bonds. The highest BCUT2D eigenvalue weighted by molar-refractivity contribution is 9.10. The van der Waals surface area contributed by atoms with E-state index in [-0.39, 0.29) is 16.8 Å². The summed E-state index contributed by atoms with van der Waals surface area (Å²) in [4.78, 5) is 12.3. The minimum atomic E-state index is -3.80. The monoisotopic (exact) mass is 410 g/mol. The normalized spacial score (nSPS) is 11.4. The average molecular weight is 411 g/mol. The SMILES string of the molecule is Cc1ccc(S(=O)(=O)Nc2ccccc2Br)cc1C(=O)NC(C)C. The number of sulfonamides is 1. The molecule has 2 rings (SSSR count). The predicted octanol–water partition coefficient (Wildman–Crippen LogP) is 3.70. The first kappa shape index (κ1) is 18.5. The number of carbonyl (C=O) groups excluding carboxylic acids is 1. The zero-order chi connectivity index (χ0) is 17.9. The molecule has 0 fully saturated rings. The van der Waals surface area contributed by atoms with Crippen LogP contribution in [0.25, 0.3) is 0 Å². The number of anilines is 1. The molecular formula is C17H19BrN2O3S. The number of nitrogens with one attached hydrogen (secondary N) is 2. The molecule has 7 heteroatoms. The highest BCUT2D eigenvalue weighted by Gasteiger charge is 2.19. The molecule has 0 unspecified atom stereocenters. The van der Waals surface area contributed by atoms with E-state index in [0.717, 1.165) is 0 Å². The Kier molecular flexibility index (Phi) is 5.66. The van der Waals surface area contributed by atoms with Crippen LogP contribution in [0.2, 0.25) is 0 Å². The van der Waals surface area contributed by atoms with Gasteiger partial charge in [0.05, 0.1) is 10.6 Å². The van der Waals surface area contributed by atoms with Gasteiger partial charge in [-0.3, -0.25) is 9.52 Å². The highest BCUT2D eigenvalue weighted by atomic mass is 79.9. The summed E-state index contributed by atoms with van der Waals surface area (Å²) < 4.78 is 28.4. The molecule has 0 aromatic heterocycles. The molecule has 0 aliphatic heterocycles. The van der Waals surface area contributed by atoms with Gasteiger partial charge in [-0.15, -0.1) is 0 Å². The lowest BCUT2D eigenvalue weighted by Gasteiger charge is -2.13. The molecule has 2 aromatic rings. The number of para-hydroxylation sites is 1. The maximum Gasteiger partial charge on any atom is 0.261 e. The van der Waals surface area contributed by atoms with Crippen molar-refractivity contribution in [3.05, 3.63) is 58.1 Å². The van der Waals surface area contributed by atoms with Crippen LogP contribution in [-0.4, -0.2) is 20.4 Å². The number of amides is 1. The van der Waals surface area contributed by atoms with Crippen LogP contribution in [0.4, 0.5) is 5.69 Å². The van der Waals surface area contributed by atoms with Gasteiger partial charge in [-0.25, -0.2) is 8.42 Å². The van der Waals surface area contributed by atoms with Crippen LogP contribution >= 0.6 is 15.9 Å². The molecule has 0 radical (unpaired) electrons. The van der Waals surface area contributed by atoms with Gasteiger partial charge in [0.15, 0.2) is 0 Å². The summed E-state index contributed by atoms with van der Waals surface area (Å²) in [5.41, 5.74) is 1.50. The van der Waals surface area contributed by atoms with Gasteiger partial charge in [0.1, 0.15) is 0 Å². The first-order valence-electron chi connectivity index (χ1n) is 7.39. The smallest absolute Gasteiger partial charge is 0.261 e. The number of halogens is 1. The van der Waals surface area contributed by atoms with Gasteiger partial charge >= 0.3 is 0 Å². The minimum absolute atomic E-state index is 0.0319. The lowest BCUT2D eigenvalue weighted by atomic mass is 10.1. The molecule has 0 heterocycles. The fraction of sp³-hybridized carbons (Fsp3) is 0.235. The summed E-state index contributed by atoms with van der Waals surface area (Å²) >= 11 is 3.31. The largest absolute Gasteiger partial charge is 0.350 e. The second kappa shape index (κ2) is 7.36.